The predicted molar refractivity (Wildman–Crippen MR) is 167 cm³/mol. The maximum Gasteiger partial charge on any atom is 0.265 e. The molecule has 2 aromatic rings. The number of hydrogen-bond donors (Lipinski definition) is 2. The lowest BCUT2D eigenvalue weighted by atomic mass is 9.97. The molecule has 224 valence electrons. The Morgan fingerprint density at radius 3 is 2.49 bits per heavy atom. The van der Waals surface area contributed by atoms with Crippen molar-refractivity contribution in [2.24, 2.45) is 10.9 Å². The van der Waals surface area contributed by atoms with E-state index in [1.807, 2.05) is 12.1 Å². The van der Waals surface area contributed by atoms with Gasteiger partial charge in [-0.3, -0.25) is 18.9 Å². The summed E-state index contributed by atoms with van der Waals surface area (Å²) in [6, 6.07) is 13.4. The van der Waals surface area contributed by atoms with E-state index < -0.39 is 10.0 Å². The summed E-state index contributed by atoms with van der Waals surface area (Å²) < 4.78 is 25.8. The first-order valence-electron chi connectivity index (χ1n) is 14.7. The van der Waals surface area contributed by atoms with E-state index >= 15 is 0 Å². The minimum atomic E-state index is -3.49. The molecule has 2 amide bonds. The van der Waals surface area contributed by atoms with Crippen LogP contribution in [-0.4, -0.2) is 58.4 Å². The number of carbonyl (C=O) groups is 2. The van der Waals surface area contributed by atoms with Gasteiger partial charge in [-0.1, -0.05) is 51.5 Å². The Hall–Kier alpha value is -3.20. The van der Waals surface area contributed by atoms with Crippen molar-refractivity contribution in [1.82, 2.24) is 10.6 Å². The summed E-state index contributed by atoms with van der Waals surface area (Å²) in [5.41, 5.74) is 4.65. The topological polar surface area (TPSA) is 108 Å². The lowest BCUT2D eigenvalue weighted by Gasteiger charge is -2.22. The summed E-state index contributed by atoms with van der Waals surface area (Å²) in [6.45, 7) is 7.03. The Morgan fingerprint density at radius 1 is 1.10 bits per heavy atom. The van der Waals surface area contributed by atoms with E-state index in [1.54, 1.807) is 6.07 Å². The zero-order valence-corrected chi connectivity index (χ0v) is 26.0. The van der Waals surface area contributed by atoms with Crippen molar-refractivity contribution < 1.29 is 18.0 Å². The minimum absolute atomic E-state index is 0.150. The highest BCUT2D eigenvalue weighted by Crippen LogP contribution is 2.23. The molecule has 3 rings (SSSR count). The van der Waals surface area contributed by atoms with E-state index in [0.29, 0.717) is 42.3 Å². The maximum absolute atomic E-state index is 13.6. The second kappa shape index (κ2) is 15.1. The maximum atomic E-state index is 13.6. The Balaban J connectivity index is 1.96. The fourth-order valence-electron chi connectivity index (χ4n) is 4.84. The van der Waals surface area contributed by atoms with Gasteiger partial charge in [0.1, 0.15) is 0 Å². The molecule has 0 spiro atoms. The number of anilines is 1. The fraction of sp³-hybridized carbons (Fsp3) is 0.531. The summed E-state index contributed by atoms with van der Waals surface area (Å²) >= 11 is 0. The molecule has 41 heavy (non-hydrogen) atoms. The average molecular weight is 583 g/mol. The highest BCUT2D eigenvalue weighted by atomic mass is 32.2. The van der Waals surface area contributed by atoms with Crippen molar-refractivity contribution in [3.05, 3.63) is 64.7 Å². The van der Waals surface area contributed by atoms with E-state index in [0.717, 1.165) is 55.9 Å². The van der Waals surface area contributed by atoms with Crippen molar-refractivity contribution >= 4 is 33.2 Å². The van der Waals surface area contributed by atoms with Crippen molar-refractivity contribution in [2.45, 2.75) is 78.2 Å². The number of hydrogen-bond acceptors (Lipinski definition) is 5. The van der Waals surface area contributed by atoms with Gasteiger partial charge in [0, 0.05) is 19.2 Å². The smallest absolute Gasteiger partial charge is 0.265 e. The van der Waals surface area contributed by atoms with Crippen molar-refractivity contribution in [2.75, 3.05) is 30.7 Å². The molecular weight excluding hydrogens is 536 g/mol. The van der Waals surface area contributed by atoms with E-state index in [1.165, 1.54) is 16.9 Å². The van der Waals surface area contributed by atoms with Gasteiger partial charge < -0.3 is 10.6 Å². The summed E-state index contributed by atoms with van der Waals surface area (Å²) in [4.78, 5) is 31.3. The molecule has 2 aromatic carbocycles. The molecule has 4 bridgehead atoms. The largest absolute Gasteiger partial charge is 0.351 e. The molecule has 0 unspecified atom stereocenters. The first-order chi connectivity index (χ1) is 19.5. The predicted octanol–water partition coefficient (Wildman–Crippen LogP) is 4.71. The number of carbonyl (C=O) groups excluding carboxylic acids is 2. The Kier molecular flexibility index (Phi) is 11.9. The first kappa shape index (κ1) is 32.3. The van der Waals surface area contributed by atoms with Gasteiger partial charge in [0.05, 0.1) is 30.2 Å². The van der Waals surface area contributed by atoms with Crippen LogP contribution in [0.5, 0.6) is 0 Å². The molecule has 0 saturated heterocycles. The SMILES string of the molecule is CCCCC(=NC[C@@H]1Cc2cccc(c2)CCCCc2cc(cc(N(C)S(C)(=O)=O)c2)C(=O)N1)C(=O)NCC(C)C. The quantitative estimate of drug-likeness (QED) is 0.396. The second-order valence-electron chi connectivity index (χ2n) is 11.5. The van der Waals surface area contributed by atoms with E-state index in [2.05, 4.69) is 55.7 Å². The molecule has 0 aliphatic carbocycles. The second-order valence-corrected chi connectivity index (χ2v) is 13.5. The van der Waals surface area contributed by atoms with Crippen LogP contribution >= 0.6 is 0 Å². The minimum Gasteiger partial charge on any atom is -0.351 e. The molecule has 1 aliphatic heterocycles. The van der Waals surface area contributed by atoms with Gasteiger partial charge in [-0.05, 0) is 85.8 Å². The number of unbranched alkanes of at least 4 members (excludes halogenated alkanes) is 1. The van der Waals surface area contributed by atoms with E-state index in [-0.39, 0.29) is 24.4 Å². The molecule has 0 saturated carbocycles. The number of aliphatic imine (C=N–C) groups is 1. The standard InChI is InChI=1S/C32H46N4O4S/c1-6-7-15-30(32(38)34-21-23(2)3)33-22-28-18-25-14-10-13-24(16-25)11-8-9-12-26-17-27(31(37)35-28)20-29(19-26)36(4)41(5,39)40/h10,13-14,16-17,19-20,23,28H,6-9,11-12,15,18,21-22H2,1-5H3,(H,34,38)(H,35,37)/t28-/m0/s1. The van der Waals surface area contributed by atoms with Crippen LogP contribution in [0.3, 0.4) is 0 Å². The van der Waals surface area contributed by atoms with Crippen molar-refractivity contribution in [3.63, 3.8) is 0 Å². The first-order valence-corrected chi connectivity index (χ1v) is 16.6. The molecule has 9 heteroatoms. The lowest BCUT2D eigenvalue weighted by Crippen LogP contribution is -2.40. The van der Waals surface area contributed by atoms with Crippen LogP contribution in [0.4, 0.5) is 5.69 Å². The Morgan fingerprint density at radius 2 is 1.80 bits per heavy atom. The highest BCUT2D eigenvalue weighted by molar-refractivity contribution is 7.92. The summed E-state index contributed by atoms with van der Waals surface area (Å²) in [5, 5.41) is 6.13. The molecule has 1 aliphatic rings. The monoisotopic (exact) mass is 582 g/mol. The normalized spacial score (nSPS) is 16.6. The number of aryl methyl sites for hydroxylation is 2. The number of amides is 2. The third-order valence-corrected chi connectivity index (χ3v) is 8.50. The van der Waals surface area contributed by atoms with Crippen LogP contribution in [0, 0.1) is 5.92 Å². The molecule has 2 N–H and O–H groups in total. The summed E-state index contributed by atoms with van der Waals surface area (Å²) in [5.74, 6) is -0.106. The third-order valence-electron chi connectivity index (χ3n) is 7.29. The summed E-state index contributed by atoms with van der Waals surface area (Å²) in [6.07, 6.45) is 7.70. The molecular formula is C32H46N4O4S. The van der Waals surface area contributed by atoms with Crippen LogP contribution in [0.25, 0.3) is 0 Å². The molecule has 8 nitrogen and oxygen atoms in total. The zero-order valence-electron chi connectivity index (χ0n) is 25.2. The van der Waals surface area contributed by atoms with Crippen LogP contribution in [0.15, 0.2) is 47.5 Å². The fourth-order valence-corrected chi connectivity index (χ4v) is 5.32. The molecule has 0 aromatic heterocycles. The average Bonchev–Trinajstić information content (AvgIpc) is 2.92. The van der Waals surface area contributed by atoms with Crippen LogP contribution in [0.2, 0.25) is 0 Å². The third kappa shape index (κ3) is 10.3. The Labute approximate surface area is 246 Å². The van der Waals surface area contributed by atoms with Gasteiger partial charge in [0.25, 0.3) is 11.8 Å². The van der Waals surface area contributed by atoms with Gasteiger partial charge in [0.15, 0.2) is 0 Å². The van der Waals surface area contributed by atoms with Crippen molar-refractivity contribution in [1.29, 1.82) is 0 Å². The van der Waals surface area contributed by atoms with Gasteiger partial charge in [-0.15, -0.1) is 0 Å². The van der Waals surface area contributed by atoms with Crippen LogP contribution in [-0.2, 0) is 34.1 Å². The van der Waals surface area contributed by atoms with Gasteiger partial charge in [-0.25, -0.2) is 8.42 Å². The summed E-state index contributed by atoms with van der Waals surface area (Å²) in [7, 11) is -1.99. The molecule has 0 fully saturated rings. The Bertz CT molecular complexity index is 1340. The number of fused-ring (bicyclic) bond motifs is 4. The van der Waals surface area contributed by atoms with Crippen molar-refractivity contribution in [3.8, 4) is 0 Å². The highest BCUT2D eigenvalue weighted by Gasteiger charge is 2.20. The lowest BCUT2D eigenvalue weighted by molar-refractivity contribution is -0.115. The number of nitrogens with one attached hydrogen (secondary N) is 2. The van der Waals surface area contributed by atoms with Gasteiger partial charge in [0.2, 0.25) is 10.0 Å². The van der Waals surface area contributed by atoms with Gasteiger partial charge >= 0.3 is 0 Å². The van der Waals surface area contributed by atoms with Crippen LogP contribution in [0.1, 0.15) is 79.9 Å². The number of benzene rings is 2. The number of rotatable bonds is 10. The number of sulfonamides is 1. The number of nitrogens with zero attached hydrogens (tertiary/aromatic N) is 2. The van der Waals surface area contributed by atoms with Gasteiger partial charge in [-0.2, -0.15) is 0 Å². The molecule has 0 radical (unpaired) electrons. The van der Waals surface area contributed by atoms with E-state index in [4.69, 9.17) is 4.99 Å². The zero-order chi connectivity index (χ0) is 30.0. The molecule has 1 heterocycles. The van der Waals surface area contributed by atoms with Crippen LogP contribution < -0.4 is 14.9 Å². The van der Waals surface area contributed by atoms with E-state index in [9.17, 15) is 18.0 Å². The molecule has 1 atom stereocenters.